The van der Waals surface area contributed by atoms with Gasteiger partial charge in [0.15, 0.2) is 0 Å². The third-order valence-corrected chi connectivity index (χ3v) is 4.47. The van der Waals surface area contributed by atoms with Crippen molar-refractivity contribution in [3.8, 4) is 11.5 Å². The molecule has 0 saturated carbocycles. The van der Waals surface area contributed by atoms with E-state index in [-0.39, 0.29) is 40.8 Å². The first kappa shape index (κ1) is 21.6. The number of carbonyl (C=O) groups excluding carboxylic acids is 2. The number of fused-ring (bicyclic) bond motifs is 1. The second-order valence-corrected chi connectivity index (χ2v) is 6.42. The minimum atomic E-state index is -1.35. The van der Waals surface area contributed by atoms with Crippen molar-refractivity contribution in [1.82, 2.24) is 0 Å². The van der Waals surface area contributed by atoms with E-state index >= 15 is 0 Å². The van der Waals surface area contributed by atoms with Gasteiger partial charge < -0.3 is 20.0 Å². The van der Waals surface area contributed by atoms with Gasteiger partial charge in [0.25, 0.3) is 5.91 Å². The fraction of sp³-hybridized carbons (Fsp3) is 0. The van der Waals surface area contributed by atoms with Crippen LogP contribution in [0, 0.1) is 0 Å². The summed E-state index contributed by atoms with van der Waals surface area (Å²) >= 11 is 0. The molecule has 4 aromatic rings. The SMILES string of the molecule is O=C(Nc1ccccc1C(=O)[O-])c1ccc(Oc2ccc3ccccc3c2)cc1.[Na+]. The van der Waals surface area contributed by atoms with Crippen LogP contribution in [0.1, 0.15) is 20.7 Å². The Kier molecular flexibility index (Phi) is 6.90. The molecule has 142 valence electrons. The molecular formula is C24H16NNaO4. The number of para-hydroxylation sites is 1. The quantitative estimate of drug-likeness (QED) is 0.507. The molecule has 1 amide bonds. The summed E-state index contributed by atoms with van der Waals surface area (Å²) in [6.45, 7) is 0. The molecule has 0 unspecified atom stereocenters. The van der Waals surface area contributed by atoms with Gasteiger partial charge >= 0.3 is 29.6 Å². The van der Waals surface area contributed by atoms with Gasteiger partial charge in [0.05, 0.1) is 11.7 Å². The second kappa shape index (κ2) is 9.59. The predicted molar refractivity (Wildman–Crippen MR) is 109 cm³/mol. The molecule has 6 heteroatoms. The largest absolute Gasteiger partial charge is 1.00 e. The van der Waals surface area contributed by atoms with Crippen molar-refractivity contribution >= 4 is 28.3 Å². The number of rotatable bonds is 5. The maximum atomic E-state index is 12.4. The summed E-state index contributed by atoms with van der Waals surface area (Å²) in [5.74, 6) is -0.480. The number of anilines is 1. The first-order chi connectivity index (χ1) is 14.1. The van der Waals surface area contributed by atoms with Crippen molar-refractivity contribution in [2.45, 2.75) is 0 Å². The Labute approximate surface area is 195 Å². The molecule has 4 rings (SSSR count). The molecule has 0 aliphatic carbocycles. The molecule has 0 heterocycles. The standard InChI is InChI=1S/C24H17NO4.Na/c26-23(25-22-8-4-3-7-21(22)24(27)28)17-10-12-19(13-11-17)29-20-14-9-16-5-1-2-6-18(16)15-20;/h1-15H,(H,25,26)(H,27,28);/q;+1/p-1. The minimum Gasteiger partial charge on any atom is -0.545 e. The third kappa shape index (κ3) is 4.89. The number of ether oxygens (including phenoxy) is 1. The Hall–Kier alpha value is -3.12. The Morgan fingerprint density at radius 1 is 0.733 bits per heavy atom. The summed E-state index contributed by atoms with van der Waals surface area (Å²) in [6, 6.07) is 26.5. The summed E-state index contributed by atoms with van der Waals surface area (Å²) in [6.07, 6.45) is 0. The summed E-state index contributed by atoms with van der Waals surface area (Å²) in [5, 5.41) is 16.0. The van der Waals surface area contributed by atoms with Gasteiger partial charge in [-0.25, -0.2) is 0 Å². The fourth-order valence-corrected chi connectivity index (χ4v) is 3.01. The number of carboxylic acid groups (broad SMARTS) is 1. The van der Waals surface area contributed by atoms with Crippen LogP contribution in [0.25, 0.3) is 10.8 Å². The molecule has 0 aromatic heterocycles. The summed E-state index contributed by atoms with van der Waals surface area (Å²) in [4.78, 5) is 23.6. The van der Waals surface area contributed by atoms with Crippen LogP contribution in [-0.2, 0) is 0 Å². The van der Waals surface area contributed by atoms with E-state index in [1.54, 1.807) is 36.4 Å². The number of amides is 1. The molecule has 0 saturated heterocycles. The van der Waals surface area contributed by atoms with Crippen LogP contribution in [0.5, 0.6) is 11.5 Å². The normalized spacial score (nSPS) is 10.1. The first-order valence-corrected chi connectivity index (χ1v) is 8.98. The van der Waals surface area contributed by atoms with E-state index in [0.717, 1.165) is 10.8 Å². The van der Waals surface area contributed by atoms with Crippen LogP contribution in [0.4, 0.5) is 5.69 Å². The van der Waals surface area contributed by atoms with Crippen LogP contribution >= 0.6 is 0 Å². The molecule has 0 radical (unpaired) electrons. The molecule has 0 spiro atoms. The summed E-state index contributed by atoms with van der Waals surface area (Å²) in [5.41, 5.74) is 0.495. The fourth-order valence-electron chi connectivity index (χ4n) is 3.01. The first-order valence-electron chi connectivity index (χ1n) is 8.98. The van der Waals surface area contributed by atoms with Gasteiger partial charge in [-0.2, -0.15) is 0 Å². The smallest absolute Gasteiger partial charge is 0.545 e. The molecule has 1 N–H and O–H groups in total. The molecule has 0 atom stereocenters. The van der Waals surface area contributed by atoms with Gasteiger partial charge in [-0.3, -0.25) is 4.79 Å². The van der Waals surface area contributed by atoms with Crippen LogP contribution in [0.15, 0.2) is 91.0 Å². The van der Waals surface area contributed by atoms with E-state index in [2.05, 4.69) is 5.32 Å². The molecule has 4 aromatic carbocycles. The number of hydrogen-bond donors (Lipinski definition) is 1. The van der Waals surface area contributed by atoms with Crippen molar-refractivity contribution in [3.05, 3.63) is 102 Å². The molecule has 5 nitrogen and oxygen atoms in total. The number of hydrogen-bond acceptors (Lipinski definition) is 4. The van der Waals surface area contributed by atoms with Gasteiger partial charge in [-0.15, -0.1) is 0 Å². The van der Waals surface area contributed by atoms with Crippen molar-refractivity contribution < 1.29 is 49.0 Å². The van der Waals surface area contributed by atoms with Gasteiger partial charge in [-0.05, 0) is 53.2 Å². The summed E-state index contributed by atoms with van der Waals surface area (Å²) in [7, 11) is 0. The molecule has 0 aliphatic rings. The number of nitrogens with one attached hydrogen (secondary N) is 1. The number of carboxylic acids is 1. The number of carbonyl (C=O) groups is 2. The van der Waals surface area contributed by atoms with E-state index in [1.165, 1.54) is 12.1 Å². The molecule has 30 heavy (non-hydrogen) atoms. The average Bonchev–Trinajstić information content (AvgIpc) is 2.74. The average molecular weight is 405 g/mol. The van der Waals surface area contributed by atoms with Crippen LogP contribution < -0.4 is 44.7 Å². The minimum absolute atomic E-state index is 0. The third-order valence-electron chi connectivity index (χ3n) is 4.47. The molecule has 0 aliphatic heterocycles. The van der Waals surface area contributed by atoms with Crippen molar-refractivity contribution in [2.75, 3.05) is 5.32 Å². The maximum Gasteiger partial charge on any atom is 1.00 e. The number of aromatic carboxylic acids is 1. The summed E-state index contributed by atoms with van der Waals surface area (Å²) < 4.78 is 5.87. The molecule has 0 bridgehead atoms. The number of benzene rings is 4. The second-order valence-electron chi connectivity index (χ2n) is 6.42. The van der Waals surface area contributed by atoms with E-state index in [1.807, 2.05) is 42.5 Å². The Morgan fingerprint density at radius 2 is 1.37 bits per heavy atom. The predicted octanol–water partition coefficient (Wildman–Crippen LogP) is 1.25. The van der Waals surface area contributed by atoms with E-state index < -0.39 is 11.9 Å². The van der Waals surface area contributed by atoms with Crippen molar-refractivity contribution in [3.63, 3.8) is 0 Å². The van der Waals surface area contributed by atoms with Gasteiger partial charge in [-0.1, -0.05) is 48.5 Å². The van der Waals surface area contributed by atoms with E-state index in [9.17, 15) is 14.7 Å². The van der Waals surface area contributed by atoms with E-state index in [4.69, 9.17) is 4.74 Å². The topological polar surface area (TPSA) is 78.5 Å². The maximum absolute atomic E-state index is 12.4. The zero-order valence-electron chi connectivity index (χ0n) is 16.3. The van der Waals surface area contributed by atoms with E-state index in [0.29, 0.717) is 17.1 Å². The van der Waals surface area contributed by atoms with Gasteiger partial charge in [0.2, 0.25) is 0 Å². The van der Waals surface area contributed by atoms with Gasteiger partial charge in [0, 0.05) is 11.1 Å². The molecule has 0 fully saturated rings. The Bertz CT molecular complexity index is 1210. The van der Waals surface area contributed by atoms with Crippen LogP contribution in [-0.4, -0.2) is 11.9 Å². The molecular weight excluding hydrogens is 389 g/mol. The van der Waals surface area contributed by atoms with Crippen molar-refractivity contribution in [2.24, 2.45) is 0 Å². The monoisotopic (exact) mass is 405 g/mol. The van der Waals surface area contributed by atoms with Crippen molar-refractivity contribution in [1.29, 1.82) is 0 Å². The zero-order valence-corrected chi connectivity index (χ0v) is 18.3. The zero-order chi connectivity index (χ0) is 20.2. The Balaban J connectivity index is 0.00000256. The van der Waals surface area contributed by atoms with Crippen LogP contribution in [0.2, 0.25) is 0 Å². The van der Waals surface area contributed by atoms with Crippen LogP contribution in [0.3, 0.4) is 0 Å². The van der Waals surface area contributed by atoms with Gasteiger partial charge in [0.1, 0.15) is 11.5 Å². The Morgan fingerprint density at radius 3 is 2.10 bits per heavy atom.